The Bertz CT molecular complexity index is 3110. The highest BCUT2D eigenvalue weighted by Gasteiger charge is 2.19. The van der Waals surface area contributed by atoms with Gasteiger partial charge in [0.25, 0.3) is 0 Å². The topological polar surface area (TPSA) is 77.8 Å². The van der Waals surface area contributed by atoms with Crippen LogP contribution in [-0.4, -0.2) is 19.9 Å². The lowest BCUT2D eigenvalue weighted by atomic mass is 9.92. The molecule has 0 spiro atoms. The Hall–Kier alpha value is -7.70. The SMILES string of the molecule is c1ccc(-c2nc(-c3ccc(-c4cccnc4)cc3)nc(-c3cc(-c4cccc5oc6ccccc6c45)cc(-c4cccc5oc6ccccc6c45)c3)n2)cc1. The zero-order chi connectivity index (χ0) is 37.0. The van der Waals surface area contributed by atoms with E-state index in [-0.39, 0.29) is 0 Å². The number of benzene rings is 7. The van der Waals surface area contributed by atoms with Crippen LogP contribution in [0.3, 0.4) is 0 Å². The van der Waals surface area contributed by atoms with E-state index in [9.17, 15) is 0 Å². The van der Waals surface area contributed by atoms with Crippen LogP contribution in [0, 0.1) is 0 Å². The molecule has 7 aromatic carbocycles. The lowest BCUT2D eigenvalue weighted by molar-refractivity contribution is 0.668. The molecule has 0 amide bonds. The number of fused-ring (bicyclic) bond motifs is 6. The summed E-state index contributed by atoms with van der Waals surface area (Å²) in [5.74, 6) is 1.76. The number of rotatable bonds is 6. The van der Waals surface area contributed by atoms with Crippen LogP contribution in [0.15, 0.2) is 191 Å². The van der Waals surface area contributed by atoms with E-state index in [0.29, 0.717) is 17.5 Å². The second kappa shape index (κ2) is 13.0. The zero-order valence-electron chi connectivity index (χ0n) is 29.9. The number of aromatic nitrogens is 4. The lowest BCUT2D eigenvalue weighted by Gasteiger charge is -2.14. The monoisotopic (exact) mass is 718 g/mol. The van der Waals surface area contributed by atoms with Crippen LogP contribution in [0.1, 0.15) is 0 Å². The Kier molecular flexibility index (Phi) is 7.38. The summed E-state index contributed by atoms with van der Waals surface area (Å²) in [6.07, 6.45) is 3.65. The minimum atomic E-state index is 0.571. The van der Waals surface area contributed by atoms with Gasteiger partial charge < -0.3 is 8.83 Å². The molecule has 11 aromatic rings. The van der Waals surface area contributed by atoms with Gasteiger partial charge in [0.15, 0.2) is 17.5 Å². The molecule has 0 aliphatic heterocycles. The molecule has 0 radical (unpaired) electrons. The smallest absolute Gasteiger partial charge is 0.164 e. The van der Waals surface area contributed by atoms with Gasteiger partial charge in [0.05, 0.1) is 0 Å². The van der Waals surface area contributed by atoms with Crippen molar-refractivity contribution in [1.82, 2.24) is 19.9 Å². The molecule has 6 heteroatoms. The molecule has 0 bridgehead atoms. The lowest BCUT2D eigenvalue weighted by Crippen LogP contribution is -2.00. The first kappa shape index (κ1) is 31.8. The number of nitrogens with zero attached hydrogens (tertiary/aromatic N) is 4. The molecule has 11 rings (SSSR count). The Balaban J connectivity index is 1.16. The Morgan fingerprint density at radius 2 is 0.786 bits per heavy atom. The summed E-state index contributed by atoms with van der Waals surface area (Å²) in [4.78, 5) is 19.7. The first-order valence-corrected chi connectivity index (χ1v) is 18.5. The van der Waals surface area contributed by atoms with E-state index < -0.39 is 0 Å². The van der Waals surface area contributed by atoms with Crippen molar-refractivity contribution in [2.75, 3.05) is 0 Å². The van der Waals surface area contributed by atoms with Gasteiger partial charge in [-0.15, -0.1) is 0 Å². The number of para-hydroxylation sites is 2. The number of pyridine rings is 1. The fraction of sp³-hybridized carbons (Fsp3) is 0. The van der Waals surface area contributed by atoms with Crippen molar-refractivity contribution in [3.63, 3.8) is 0 Å². The van der Waals surface area contributed by atoms with Crippen LogP contribution < -0.4 is 0 Å². The second-order valence-electron chi connectivity index (χ2n) is 13.8. The van der Waals surface area contributed by atoms with Crippen LogP contribution in [-0.2, 0) is 0 Å². The molecule has 56 heavy (non-hydrogen) atoms. The molecule has 6 nitrogen and oxygen atoms in total. The largest absolute Gasteiger partial charge is 0.456 e. The molecule has 0 fully saturated rings. The van der Waals surface area contributed by atoms with Crippen molar-refractivity contribution in [3.8, 4) is 67.5 Å². The van der Waals surface area contributed by atoms with Gasteiger partial charge in [-0.2, -0.15) is 0 Å². The minimum Gasteiger partial charge on any atom is -0.456 e. The summed E-state index contributed by atoms with van der Waals surface area (Å²) in [6.45, 7) is 0. The number of hydrogen-bond acceptors (Lipinski definition) is 6. The molecule has 4 aromatic heterocycles. The van der Waals surface area contributed by atoms with Gasteiger partial charge in [0.1, 0.15) is 22.3 Å². The molecule has 0 aliphatic rings. The summed E-state index contributed by atoms with van der Waals surface area (Å²) in [6, 6.07) is 57.9. The highest BCUT2D eigenvalue weighted by atomic mass is 16.3. The molecular formula is C50H30N4O2. The molecule has 0 unspecified atom stereocenters. The molecule has 0 N–H and O–H groups in total. The van der Waals surface area contributed by atoms with E-state index in [4.69, 9.17) is 23.8 Å². The summed E-state index contributed by atoms with van der Waals surface area (Å²) in [5, 5.41) is 4.26. The maximum absolute atomic E-state index is 6.36. The molecule has 0 saturated carbocycles. The van der Waals surface area contributed by atoms with Crippen LogP contribution in [0.2, 0.25) is 0 Å². The van der Waals surface area contributed by atoms with Crippen LogP contribution >= 0.6 is 0 Å². The van der Waals surface area contributed by atoms with Crippen molar-refractivity contribution < 1.29 is 8.83 Å². The third kappa shape index (κ3) is 5.43. The molecule has 0 aliphatic carbocycles. The van der Waals surface area contributed by atoms with Gasteiger partial charge >= 0.3 is 0 Å². The van der Waals surface area contributed by atoms with Crippen molar-refractivity contribution in [1.29, 1.82) is 0 Å². The van der Waals surface area contributed by atoms with E-state index >= 15 is 0 Å². The van der Waals surface area contributed by atoms with Gasteiger partial charge in [-0.05, 0) is 81.9 Å². The fourth-order valence-corrected chi connectivity index (χ4v) is 7.79. The van der Waals surface area contributed by atoms with Crippen molar-refractivity contribution in [2.24, 2.45) is 0 Å². The van der Waals surface area contributed by atoms with Gasteiger partial charge in [-0.25, -0.2) is 15.0 Å². The Labute approximate surface area is 321 Å². The quantitative estimate of drug-likeness (QED) is 0.170. The zero-order valence-corrected chi connectivity index (χ0v) is 29.9. The average molecular weight is 719 g/mol. The maximum Gasteiger partial charge on any atom is 0.164 e. The standard InChI is InChI=1S/C50H30N4O2/c1-2-11-32(12-3-1)48-52-49(33-24-22-31(23-25-33)34-13-10-26-51-30-34)54-50(53-48)37-28-35(38-16-8-20-44-46(38)40-14-4-6-18-42(40)55-44)27-36(29-37)39-17-9-21-45-47(39)41-15-5-7-19-43(41)56-45/h1-30H. The molecule has 0 saturated heterocycles. The van der Waals surface area contributed by atoms with Gasteiger partial charge in [-0.1, -0.05) is 121 Å². The van der Waals surface area contributed by atoms with Crippen LogP contribution in [0.4, 0.5) is 0 Å². The van der Waals surface area contributed by atoms with E-state index in [1.807, 2.05) is 79.0 Å². The fourth-order valence-electron chi connectivity index (χ4n) is 7.79. The second-order valence-corrected chi connectivity index (χ2v) is 13.8. The first-order valence-electron chi connectivity index (χ1n) is 18.5. The van der Waals surface area contributed by atoms with Crippen molar-refractivity contribution in [2.45, 2.75) is 0 Å². The molecule has 262 valence electrons. The van der Waals surface area contributed by atoms with E-state index in [1.54, 1.807) is 6.20 Å². The molecular weight excluding hydrogens is 689 g/mol. The van der Waals surface area contributed by atoms with E-state index in [1.165, 1.54) is 0 Å². The normalized spacial score (nSPS) is 11.6. The summed E-state index contributed by atoms with van der Waals surface area (Å²) in [7, 11) is 0. The summed E-state index contributed by atoms with van der Waals surface area (Å²) >= 11 is 0. The Morgan fingerprint density at radius 1 is 0.321 bits per heavy atom. The molecule has 0 atom stereocenters. The predicted molar refractivity (Wildman–Crippen MR) is 225 cm³/mol. The predicted octanol–water partition coefficient (Wildman–Crippen LogP) is 13.1. The van der Waals surface area contributed by atoms with Gasteiger partial charge in [0.2, 0.25) is 0 Å². The van der Waals surface area contributed by atoms with E-state index in [2.05, 4.69) is 102 Å². The van der Waals surface area contributed by atoms with Crippen molar-refractivity contribution in [3.05, 3.63) is 182 Å². The van der Waals surface area contributed by atoms with E-state index in [0.717, 1.165) is 93.9 Å². The highest BCUT2D eigenvalue weighted by Crippen LogP contribution is 2.42. The minimum absolute atomic E-state index is 0.571. The number of furan rings is 2. The van der Waals surface area contributed by atoms with Crippen LogP contribution in [0.25, 0.3) is 111 Å². The first-order chi connectivity index (χ1) is 27.7. The van der Waals surface area contributed by atoms with Crippen LogP contribution in [0.5, 0.6) is 0 Å². The third-order valence-corrected chi connectivity index (χ3v) is 10.4. The van der Waals surface area contributed by atoms with Gasteiger partial charge in [-0.3, -0.25) is 4.98 Å². The van der Waals surface area contributed by atoms with Crippen molar-refractivity contribution >= 4 is 43.9 Å². The number of hydrogen-bond donors (Lipinski definition) is 0. The average Bonchev–Trinajstić information content (AvgIpc) is 3.86. The molecule has 4 heterocycles. The highest BCUT2D eigenvalue weighted by molar-refractivity contribution is 6.14. The van der Waals surface area contributed by atoms with Gasteiger partial charge in [0, 0.05) is 50.6 Å². The Morgan fingerprint density at radius 3 is 1.36 bits per heavy atom. The third-order valence-electron chi connectivity index (χ3n) is 10.4. The summed E-state index contributed by atoms with van der Waals surface area (Å²) < 4.78 is 12.7. The maximum atomic E-state index is 6.36. The summed E-state index contributed by atoms with van der Waals surface area (Å²) in [5.41, 5.74) is 12.3.